The van der Waals surface area contributed by atoms with Crippen molar-refractivity contribution in [1.29, 1.82) is 0 Å². The minimum Gasteiger partial charge on any atom is -0.397 e. The Morgan fingerprint density at radius 3 is 1.73 bits per heavy atom. The molecule has 0 saturated carbocycles. The zero-order valence-electron chi connectivity index (χ0n) is 16.2. The third-order valence-electron chi connectivity index (χ3n) is 3.04. The molecule has 0 bridgehead atoms. The average Bonchev–Trinajstić information content (AvgIpc) is 2.66. The lowest BCUT2D eigenvalue weighted by molar-refractivity contribution is 0.0000722. The SMILES string of the molecule is CC.NCCOCCOCCOCCOCCNc1ccc(N)c(N)c1. The number of anilines is 3. The van der Waals surface area contributed by atoms with Crippen molar-refractivity contribution in [3.05, 3.63) is 18.2 Å². The minimum absolute atomic E-state index is 0.534. The van der Waals surface area contributed by atoms with Gasteiger partial charge in [0.2, 0.25) is 0 Å². The largest absolute Gasteiger partial charge is 0.397 e. The summed E-state index contributed by atoms with van der Waals surface area (Å²) in [5.74, 6) is 0. The molecule has 1 aromatic rings. The Morgan fingerprint density at radius 2 is 1.23 bits per heavy atom. The van der Waals surface area contributed by atoms with Gasteiger partial charge in [-0.1, -0.05) is 13.8 Å². The van der Waals surface area contributed by atoms with Crippen LogP contribution in [0.3, 0.4) is 0 Å². The molecule has 1 rings (SSSR count). The average molecular weight is 373 g/mol. The molecule has 7 N–H and O–H groups in total. The quantitative estimate of drug-likeness (QED) is 0.268. The van der Waals surface area contributed by atoms with E-state index in [9.17, 15) is 0 Å². The molecule has 26 heavy (non-hydrogen) atoms. The Morgan fingerprint density at radius 1 is 0.731 bits per heavy atom. The molecule has 0 saturated heterocycles. The molecule has 0 aliphatic heterocycles. The van der Waals surface area contributed by atoms with Crippen molar-refractivity contribution in [3.63, 3.8) is 0 Å². The van der Waals surface area contributed by atoms with Crippen LogP contribution >= 0.6 is 0 Å². The van der Waals surface area contributed by atoms with Crippen molar-refractivity contribution in [2.24, 2.45) is 5.73 Å². The summed E-state index contributed by atoms with van der Waals surface area (Å²) in [5.41, 5.74) is 18.8. The fourth-order valence-corrected chi connectivity index (χ4v) is 1.80. The van der Waals surface area contributed by atoms with E-state index in [1.165, 1.54) is 0 Å². The van der Waals surface area contributed by atoms with Crippen LogP contribution in [-0.4, -0.2) is 65.9 Å². The maximum Gasteiger partial charge on any atom is 0.0701 e. The van der Waals surface area contributed by atoms with E-state index >= 15 is 0 Å². The Balaban J connectivity index is 0.00000301. The van der Waals surface area contributed by atoms with Gasteiger partial charge in [0.15, 0.2) is 0 Å². The smallest absolute Gasteiger partial charge is 0.0701 e. The highest BCUT2D eigenvalue weighted by Gasteiger charge is 1.97. The van der Waals surface area contributed by atoms with E-state index in [0.29, 0.717) is 77.3 Å². The first-order chi connectivity index (χ1) is 12.7. The highest BCUT2D eigenvalue weighted by atomic mass is 16.6. The monoisotopic (exact) mass is 372 g/mol. The molecule has 8 nitrogen and oxygen atoms in total. The first kappa shape index (κ1) is 24.4. The van der Waals surface area contributed by atoms with Gasteiger partial charge in [0.05, 0.1) is 64.2 Å². The van der Waals surface area contributed by atoms with Crippen molar-refractivity contribution in [2.75, 3.05) is 82.7 Å². The van der Waals surface area contributed by atoms with Crippen molar-refractivity contribution < 1.29 is 18.9 Å². The summed E-state index contributed by atoms with van der Waals surface area (Å²) in [5, 5.41) is 3.21. The zero-order chi connectivity index (χ0) is 19.5. The van der Waals surface area contributed by atoms with E-state index in [2.05, 4.69) is 5.32 Å². The van der Waals surface area contributed by atoms with Gasteiger partial charge >= 0.3 is 0 Å². The minimum atomic E-state index is 0.534. The fraction of sp³-hybridized carbons (Fsp3) is 0.667. The number of nitrogens with two attached hydrogens (primary N) is 3. The van der Waals surface area contributed by atoms with Crippen LogP contribution in [0, 0.1) is 0 Å². The van der Waals surface area contributed by atoms with E-state index in [4.69, 9.17) is 36.1 Å². The highest BCUT2D eigenvalue weighted by Crippen LogP contribution is 2.19. The fourth-order valence-electron chi connectivity index (χ4n) is 1.80. The topological polar surface area (TPSA) is 127 Å². The van der Waals surface area contributed by atoms with Crippen LogP contribution in [0.15, 0.2) is 18.2 Å². The van der Waals surface area contributed by atoms with Gasteiger partial charge in [0, 0.05) is 18.8 Å². The third kappa shape index (κ3) is 13.7. The molecule has 0 unspecified atom stereocenters. The standard InChI is InChI=1S/C16H30N4O4.C2H6/c17-3-5-21-7-9-23-11-12-24-10-8-22-6-4-20-14-1-2-15(18)16(19)13-14;1-2/h1-2,13,20H,3-12,17-19H2;1-2H3. The molecule has 0 amide bonds. The lowest BCUT2D eigenvalue weighted by Crippen LogP contribution is -2.15. The lowest BCUT2D eigenvalue weighted by atomic mass is 10.2. The third-order valence-corrected chi connectivity index (χ3v) is 3.04. The van der Waals surface area contributed by atoms with Crippen LogP contribution in [0.1, 0.15) is 13.8 Å². The number of hydrogen-bond acceptors (Lipinski definition) is 8. The van der Waals surface area contributed by atoms with Crippen LogP contribution in [0.5, 0.6) is 0 Å². The second-order valence-corrected chi connectivity index (χ2v) is 5.01. The Kier molecular flexibility index (Phi) is 17.1. The molecule has 0 aliphatic rings. The number of ether oxygens (including phenoxy) is 4. The molecular weight excluding hydrogens is 336 g/mol. The Bertz CT molecular complexity index is 436. The molecular formula is C18H36N4O4. The first-order valence-corrected chi connectivity index (χ1v) is 9.14. The Labute approximate surface area is 157 Å². The molecule has 1 aromatic carbocycles. The van der Waals surface area contributed by atoms with Crippen LogP contribution in [0.25, 0.3) is 0 Å². The molecule has 8 heteroatoms. The van der Waals surface area contributed by atoms with Gasteiger partial charge in [0.25, 0.3) is 0 Å². The predicted molar refractivity (Wildman–Crippen MR) is 107 cm³/mol. The van der Waals surface area contributed by atoms with E-state index in [1.54, 1.807) is 12.1 Å². The van der Waals surface area contributed by atoms with Crippen LogP contribution in [0.2, 0.25) is 0 Å². The molecule has 0 radical (unpaired) electrons. The van der Waals surface area contributed by atoms with E-state index in [1.807, 2.05) is 19.9 Å². The van der Waals surface area contributed by atoms with Gasteiger partial charge in [0.1, 0.15) is 0 Å². The van der Waals surface area contributed by atoms with Crippen molar-refractivity contribution in [2.45, 2.75) is 13.8 Å². The van der Waals surface area contributed by atoms with E-state index in [0.717, 1.165) is 5.69 Å². The summed E-state index contributed by atoms with van der Waals surface area (Å²) in [6.45, 7) is 9.68. The summed E-state index contributed by atoms with van der Waals surface area (Å²) < 4.78 is 21.4. The molecule has 0 atom stereocenters. The summed E-state index contributed by atoms with van der Waals surface area (Å²) in [4.78, 5) is 0. The number of hydrogen-bond donors (Lipinski definition) is 4. The molecule has 0 aromatic heterocycles. The molecule has 0 fully saturated rings. The van der Waals surface area contributed by atoms with Crippen molar-refractivity contribution in [1.82, 2.24) is 0 Å². The maximum atomic E-state index is 5.74. The zero-order valence-corrected chi connectivity index (χ0v) is 16.2. The lowest BCUT2D eigenvalue weighted by Gasteiger charge is -2.09. The summed E-state index contributed by atoms with van der Waals surface area (Å²) in [7, 11) is 0. The van der Waals surface area contributed by atoms with Gasteiger partial charge in [-0.25, -0.2) is 0 Å². The Hall–Kier alpha value is -1.58. The van der Waals surface area contributed by atoms with E-state index < -0.39 is 0 Å². The normalized spacial score (nSPS) is 10.3. The van der Waals surface area contributed by atoms with Crippen molar-refractivity contribution in [3.8, 4) is 0 Å². The van der Waals surface area contributed by atoms with Crippen molar-refractivity contribution >= 4 is 17.1 Å². The van der Waals surface area contributed by atoms with Crippen LogP contribution in [0.4, 0.5) is 17.1 Å². The number of benzene rings is 1. The summed E-state index contributed by atoms with van der Waals surface area (Å²) >= 11 is 0. The molecule has 152 valence electrons. The first-order valence-electron chi connectivity index (χ1n) is 9.14. The maximum absolute atomic E-state index is 5.74. The van der Waals surface area contributed by atoms with Crippen LogP contribution in [-0.2, 0) is 18.9 Å². The van der Waals surface area contributed by atoms with Gasteiger partial charge in [-0.3, -0.25) is 0 Å². The number of nitrogen functional groups attached to an aromatic ring is 2. The number of nitrogens with one attached hydrogen (secondary N) is 1. The van der Waals surface area contributed by atoms with Gasteiger partial charge in [-0.15, -0.1) is 0 Å². The molecule has 0 aliphatic carbocycles. The molecule has 0 heterocycles. The van der Waals surface area contributed by atoms with Gasteiger partial charge < -0.3 is 41.5 Å². The van der Waals surface area contributed by atoms with Gasteiger partial charge in [-0.2, -0.15) is 0 Å². The second kappa shape index (κ2) is 18.2. The van der Waals surface area contributed by atoms with Gasteiger partial charge in [-0.05, 0) is 18.2 Å². The highest BCUT2D eigenvalue weighted by molar-refractivity contribution is 5.69. The number of rotatable bonds is 15. The molecule has 0 spiro atoms. The summed E-state index contributed by atoms with van der Waals surface area (Å²) in [6.07, 6.45) is 0. The summed E-state index contributed by atoms with van der Waals surface area (Å²) in [6, 6.07) is 5.47. The van der Waals surface area contributed by atoms with E-state index in [-0.39, 0.29) is 0 Å². The predicted octanol–water partition coefficient (Wildman–Crippen LogP) is 1.31. The second-order valence-electron chi connectivity index (χ2n) is 5.01. The van der Waals surface area contributed by atoms with Crippen LogP contribution < -0.4 is 22.5 Å².